The van der Waals surface area contributed by atoms with Gasteiger partial charge in [-0.05, 0) is 19.8 Å². The average Bonchev–Trinajstić information content (AvgIpc) is 2.96. The first kappa shape index (κ1) is 14.4. The molecule has 1 aliphatic heterocycles. The summed E-state index contributed by atoms with van der Waals surface area (Å²) in [5.41, 5.74) is 0.224. The van der Waals surface area contributed by atoms with Crippen molar-refractivity contribution in [2.24, 2.45) is 0 Å². The highest BCUT2D eigenvalue weighted by molar-refractivity contribution is 7.91. The van der Waals surface area contributed by atoms with Crippen molar-refractivity contribution in [1.82, 2.24) is 9.71 Å². The number of aromatic carboxylic acids is 1. The molecule has 1 aromatic rings. The molecular weight excluding hydrogens is 292 g/mol. The van der Waals surface area contributed by atoms with Crippen LogP contribution in [0.3, 0.4) is 0 Å². The van der Waals surface area contributed by atoms with Gasteiger partial charge in [0.05, 0.1) is 11.1 Å². The van der Waals surface area contributed by atoms with Gasteiger partial charge in [-0.25, -0.2) is 22.9 Å². The number of nitrogens with zero attached hydrogens (tertiary/aromatic N) is 1. The summed E-state index contributed by atoms with van der Waals surface area (Å²) in [4.78, 5) is 14.4. The van der Waals surface area contributed by atoms with Crippen LogP contribution in [0.4, 0.5) is 0 Å². The molecule has 7 nitrogen and oxygen atoms in total. The molecule has 2 heterocycles. The number of carboxylic acid groups (broad SMARTS) is 1. The van der Waals surface area contributed by atoms with Crippen LogP contribution >= 0.6 is 11.3 Å². The van der Waals surface area contributed by atoms with E-state index in [0.717, 1.165) is 24.2 Å². The average molecular weight is 306 g/mol. The summed E-state index contributed by atoms with van der Waals surface area (Å²) in [5, 5.41) is 8.88. The number of rotatable bonds is 5. The van der Waals surface area contributed by atoms with Gasteiger partial charge in [0.15, 0.2) is 9.90 Å². The lowest BCUT2D eigenvalue weighted by Crippen LogP contribution is -2.40. The Morgan fingerprint density at radius 2 is 2.42 bits per heavy atom. The van der Waals surface area contributed by atoms with E-state index >= 15 is 0 Å². The third-order valence-corrected chi connectivity index (χ3v) is 5.69. The van der Waals surface area contributed by atoms with Crippen LogP contribution < -0.4 is 4.72 Å². The van der Waals surface area contributed by atoms with Crippen molar-refractivity contribution in [3.05, 3.63) is 11.2 Å². The molecule has 1 fully saturated rings. The molecule has 2 rings (SSSR count). The van der Waals surface area contributed by atoms with Crippen molar-refractivity contribution in [1.29, 1.82) is 0 Å². The fourth-order valence-corrected chi connectivity index (χ4v) is 4.20. The summed E-state index contributed by atoms with van der Waals surface area (Å²) in [6.07, 6.45) is 1.66. The third kappa shape index (κ3) is 3.11. The topological polar surface area (TPSA) is 106 Å². The van der Waals surface area contributed by atoms with Gasteiger partial charge in [0.1, 0.15) is 0 Å². The van der Waals surface area contributed by atoms with Gasteiger partial charge in [0.25, 0.3) is 10.0 Å². The monoisotopic (exact) mass is 306 g/mol. The number of thiazole rings is 1. The Morgan fingerprint density at radius 1 is 1.68 bits per heavy atom. The minimum Gasteiger partial charge on any atom is -0.476 e. The quantitative estimate of drug-likeness (QED) is 0.829. The second-order valence-corrected chi connectivity index (χ2v) is 7.34. The number of aromatic nitrogens is 1. The van der Waals surface area contributed by atoms with Crippen LogP contribution in [0.2, 0.25) is 0 Å². The summed E-state index contributed by atoms with van der Waals surface area (Å²) in [5.74, 6) is -1.36. The zero-order valence-corrected chi connectivity index (χ0v) is 11.9. The fraction of sp³-hybridized carbons (Fsp3) is 0.600. The number of carbonyl (C=O) groups is 1. The second-order valence-electron chi connectivity index (χ2n) is 4.52. The van der Waals surface area contributed by atoms with Crippen molar-refractivity contribution in [3.8, 4) is 0 Å². The molecule has 0 bridgehead atoms. The van der Waals surface area contributed by atoms with Gasteiger partial charge in [0, 0.05) is 13.2 Å². The van der Waals surface area contributed by atoms with Crippen LogP contribution in [0.25, 0.3) is 0 Å². The lowest BCUT2D eigenvalue weighted by Gasteiger charge is -2.23. The van der Waals surface area contributed by atoms with E-state index in [9.17, 15) is 13.2 Å². The Bertz CT molecular complexity index is 574. The highest BCUT2D eigenvalue weighted by Gasteiger charge is 2.33. The van der Waals surface area contributed by atoms with E-state index < -0.39 is 27.3 Å². The van der Waals surface area contributed by atoms with Gasteiger partial charge < -0.3 is 9.84 Å². The number of ether oxygens (including phenoxy) is 1. The van der Waals surface area contributed by atoms with Gasteiger partial charge in [-0.3, -0.25) is 0 Å². The molecule has 1 aliphatic rings. The molecule has 1 atom stereocenters. The molecule has 0 spiro atoms. The first-order valence-electron chi connectivity index (χ1n) is 5.64. The Balaban J connectivity index is 2.14. The van der Waals surface area contributed by atoms with E-state index in [0.29, 0.717) is 6.61 Å². The fourth-order valence-electron chi connectivity index (χ4n) is 1.86. The lowest BCUT2D eigenvalue weighted by atomic mass is 10.0. The number of carboxylic acids is 1. The maximum absolute atomic E-state index is 12.1. The Morgan fingerprint density at radius 3 is 3.00 bits per heavy atom. The van der Waals surface area contributed by atoms with Crippen molar-refractivity contribution < 1.29 is 23.1 Å². The molecule has 0 amide bonds. The van der Waals surface area contributed by atoms with E-state index in [1.54, 1.807) is 0 Å². The molecule has 0 aromatic carbocycles. The molecule has 0 aliphatic carbocycles. The Hall–Kier alpha value is -1.03. The first-order chi connectivity index (χ1) is 8.84. The van der Waals surface area contributed by atoms with E-state index in [1.165, 1.54) is 5.51 Å². The van der Waals surface area contributed by atoms with E-state index in [2.05, 4.69) is 9.71 Å². The van der Waals surface area contributed by atoms with Crippen molar-refractivity contribution in [2.45, 2.75) is 29.6 Å². The molecule has 106 valence electrons. The molecule has 0 radical (unpaired) electrons. The summed E-state index contributed by atoms with van der Waals surface area (Å²) in [6.45, 7) is 2.55. The largest absolute Gasteiger partial charge is 0.476 e. The summed E-state index contributed by atoms with van der Waals surface area (Å²) < 4.78 is 31.7. The van der Waals surface area contributed by atoms with E-state index in [-0.39, 0.29) is 10.8 Å². The highest BCUT2D eigenvalue weighted by atomic mass is 32.2. The highest BCUT2D eigenvalue weighted by Crippen LogP contribution is 2.25. The predicted molar refractivity (Wildman–Crippen MR) is 67.9 cm³/mol. The van der Waals surface area contributed by atoms with Crippen molar-refractivity contribution in [2.75, 3.05) is 13.2 Å². The summed E-state index contributed by atoms with van der Waals surface area (Å²) in [7, 11) is -3.87. The SMILES string of the molecule is CC1(CNS(=O)(=O)c2scnc2C(=O)O)CCCO1. The summed E-state index contributed by atoms with van der Waals surface area (Å²) >= 11 is 0.783. The number of sulfonamides is 1. The number of nitrogens with one attached hydrogen (secondary N) is 1. The van der Waals surface area contributed by atoms with Crippen molar-refractivity contribution >= 4 is 27.3 Å². The van der Waals surface area contributed by atoms with Gasteiger partial charge in [-0.2, -0.15) is 0 Å². The van der Waals surface area contributed by atoms with Crippen LogP contribution in [0.15, 0.2) is 9.72 Å². The van der Waals surface area contributed by atoms with Crippen LogP contribution in [-0.4, -0.2) is 43.2 Å². The van der Waals surface area contributed by atoms with Gasteiger partial charge in [-0.15, -0.1) is 11.3 Å². The predicted octanol–water partition coefficient (Wildman–Crippen LogP) is 0.689. The van der Waals surface area contributed by atoms with E-state index in [1.807, 2.05) is 6.92 Å². The number of hydrogen-bond acceptors (Lipinski definition) is 6. The number of hydrogen-bond donors (Lipinski definition) is 2. The summed E-state index contributed by atoms with van der Waals surface area (Å²) in [6, 6.07) is 0. The maximum Gasteiger partial charge on any atom is 0.356 e. The van der Waals surface area contributed by atoms with E-state index in [4.69, 9.17) is 9.84 Å². The molecule has 1 unspecified atom stereocenters. The molecule has 19 heavy (non-hydrogen) atoms. The second kappa shape index (κ2) is 5.16. The minimum atomic E-state index is -3.87. The van der Waals surface area contributed by atoms with Crippen LogP contribution in [-0.2, 0) is 14.8 Å². The molecule has 9 heteroatoms. The van der Waals surface area contributed by atoms with Crippen LogP contribution in [0.5, 0.6) is 0 Å². The van der Waals surface area contributed by atoms with Crippen LogP contribution in [0.1, 0.15) is 30.3 Å². The molecular formula is C10H14N2O5S2. The molecule has 2 N–H and O–H groups in total. The standard InChI is InChI=1S/C10H14N2O5S2/c1-10(3-2-4-17-10)5-12-19(15,16)9-7(8(13)14)11-6-18-9/h6,12H,2-5H2,1H3,(H,13,14). The zero-order chi connectivity index (χ0) is 14.1. The Labute approximate surface area is 114 Å². The minimum absolute atomic E-state index is 0.117. The lowest BCUT2D eigenvalue weighted by molar-refractivity contribution is 0.0250. The maximum atomic E-state index is 12.1. The molecule has 1 aromatic heterocycles. The third-order valence-electron chi connectivity index (χ3n) is 2.92. The van der Waals surface area contributed by atoms with Gasteiger partial charge in [-0.1, -0.05) is 0 Å². The van der Waals surface area contributed by atoms with Crippen LogP contribution in [0, 0.1) is 0 Å². The Kier molecular flexibility index (Phi) is 3.90. The van der Waals surface area contributed by atoms with Crippen molar-refractivity contribution in [3.63, 3.8) is 0 Å². The van der Waals surface area contributed by atoms with Gasteiger partial charge >= 0.3 is 5.97 Å². The molecule has 0 saturated carbocycles. The molecule has 1 saturated heterocycles. The first-order valence-corrected chi connectivity index (χ1v) is 8.01. The normalized spacial score (nSPS) is 23.6. The van der Waals surface area contributed by atoms with Gasteiger partial charge in [0.2, 0.25) is 0 Å². The zero-order valence-electron chi connectivity index (χ0n) is 10.2. The smallest absolute Gasteiger partial charge is 0.356 e.